The number of hydrogen-bond acceptors (Lipinski definition) is 3. The monoisotopic (exact) mass is 342 g/mol. The van der Waals surface area contributed by atoms with Gasteiger partial charge in [0.25, 0.3) is 5.91 Å². The predicted octanol–water partition coefficient (Wildman–Crippen LogP) is 4.70. The number of amides is 1. The van der Waals surface area contributed by atoms with Crippen LogP contribution < -0.4 is 4.67 Å². The van der Waals surface area contributed by atoms with Gasteiger partial charge in [-0.05, 0) is 24.3 Å². The molecule has 0 aliphatic rings. The van der Waals surface area contributed by atoms with Crippen molar-refractivity contribution in [2.24, 2.45) is 4.99 Å². The van der Waals surface area contributed by atoms with Crippen LogP contribution in [0.15, 0.2) is 89.9 Å². The highest BCUT2D eigenvalue weighted by atomic mass is 32.1. The average molecular weight is 342 g/mol. The lowest BCUT2D eigenvalue weighted by Gasteiger charge is -2.04. The quantitative estimate of drug-likeness (QED) is 0.530. The third-order valence-electron chi connectivity index (χ3n) is 3.78. The zero-order valence-electron chi connectivity index (χ0n) is 13.3. The molecule has 0 aliphatic heterocycles. The van der Waals surface area contributed by atoms with Gasteiger partial charge in [-0.25, -0.2) is 4.98 Å². The van der Waals surface area contributed by atoms with Gasteiger partial charge in [0.05, 0.1) is 10.2 Å². The maximum atomic E-state index is 12.5. The molecule has 4 aromatic rings. The van der Waals surface area contributed by atoms with Crippen LogP contribution in [0.2, 0.25) is 0 Å². The summed E-state index contributed by atoms with van der Waals surface area (Å²) in [6, 6.07) is 26.8. The second-order valence-electron chi connectivity index (χ2n) is 5.48. The zero-order chi connectivity index (χ0) is 17.1. The summed E-state index contributed by atoms with van der Waals surface area (Å²) in [5, 5.41) is 0. The number of aromatic nitrogens is 1. The molecule has 0 radical (unpaired) electrons. The second-order valence-corrected chi connectivity index (χ2v) is 6.52. The Bertz CT molecular complexity index is 1100. The summed E-state index contributed by atoms with van der Waals surface area (Å²) < 4.78 is 1.63. The Morgan fingerprint density at radius 3 is 2.20 bits per heavy atom. The van der Waals surface area contributed by atoms with Crippen LogP contribution in [0.25, 0.3) is 21.5 Å². The van der Waals surface area contributed by atoms with Gasteiger partial charge in [0.2, 0.25) is 0 Å². The standard InChI is InChI=1S/C21H14N2OS/c24-20(16-11-5-2-6-12-16)23-21-19(15-9-3-1-4-10-15)22-17-13-7-8-14-18(17)25-21/h1-14H. The fraction of sp³-hybridized carbons (Fsp3) is 0. The molecule has 0 spiro atoms. The summed E-state index contributed by atoms with van der Waals surface area (Å²) in [6.45, 7) is 0. The van der Waals surface area contributed by atoms with E-state index in [4.69, 9.17) is 4.98 Å². The van der Waals surface area contributed by atoms with E-state index in [1.165, 1.54) is 11.3 Å². The summed E-state index contributed by atoms with van der Waals surface area (Å²) in [7, 11) is 0. The lowest BCUT2D eigenvalue weighted by Crippen LogP contribution is -2.09. The first-order valence-corrected chi connectivity index (χ1v) is 8.72. The van der Waals surface area contributed by atoms with Crippen LogP contribution >= 0.6 is 11.3 Å². The molecule has 0 saturated carbocycles. The molecule has 1 aromatic heterocycles. The number of fused-ring (bicyclic) bond motifs is 1. The smallest absolute Gasteiger partial charge is 0.267 e. The fourth-order valence-electron chi connectivity index (χ4n) is 2.55. The van der Waals surface area contributed by atoms with Crippen LogP contribution in [0, 0.1) is 0 Å². The Hall–Kier alpha value is -3.11. The SMILES string of the molecule is O=C(N=c1sc2ccccc2nc1-c1ccccc1)c1ccccc1. The van der Waals surface area contributed by atoms with Crippen molar-refractivity contribution < 1.29 is 4.79 Å². The van der Waals surface area contributed by atoms with E-state index in [-0.39, 0.29) is 5.91 Å². The van der Waals surface area contributed by atoms with Crippen molar-refractivity contribution in [3.8, 4) is 11.3 Å². The third-order valence-corrected chi connectivity index (χ3v) is 4.82. The van der Waals surface area contributed by atoms with Crippen molar-refractivity contribution in [1.29, 1.82) is 0 Å². The minimum atomic E-state index is -0.258. The molecule has 3 nitrogen and oxygen atoms in total. The first kappa shape index (κ1) is 15.4. The molecule has 0 unspecified atom stereocenters. The van der Waals surface area contributed by atoms with Gasteiger partial charge in [-0.15, -0.1) is 11.3 Å². The Balaban J connectivity index is 1.95. The second kappa shape index (κ2) is 6.79. The van der Waals surface area contributed by atoms with Gasteiger partial charge in [0.1, 0.15) is 10.4 Å². The highest BCUT2D eigenvalue weighted by molar-refractivity contribution is 7.16. The van der Waals surface area contributed by atoms with E-state index in [1.54, 1.807) is 12.1 Å². The Kier molecular flexibility index (Phi) is 4.19. The Labute approximate surface area is 149 Å². The summed E-state index contributed by atoms with van der Waals surface area (Å²) >= 11 is 1.48. The van der Waals surface area contributed by atoms with Crippen LogP contribution in [0.1, 0.15) is 10.4 Å². The van der Waals surface area contributed by atoms with E-state index in [9.17, 15) is 4.79 Å². The topological polar surface area (TPSA) is 42.3 Å². The first-order chi connectivity index (χ1) is 12.3. The largest absolute Gasteiger partial charge is 0.278 e. The summed E-state index contributed by atoms with van der Waals surface area (Å²) in [4.78, 5) is 21.7. The molecule has 120 valence electrons. The van der Waals surface area contributed by atoms with Gasteiger partial charge in [-0.1, -0.05) is 60.7 Å². The molecule has 4 rings (SSSR count). The molecule has 25 heavy (non-hydrogen) atoms. The minimum Gasteiger partial charge on any atom is -0.267 e. The number of carbonyl (C=O) groups is 1. The molecule has 0 N–H and O–H groups in total. The maximum absolute atomic E-state index is 12.5. The van der Waals surface area contributed by atoms with Crippen molar-refractivity contribution in [3.05, 3.63) is 95.2 Å². The third kappa shape index (κ3) is 3.25. The molecule has 0 aliphatic carbocycles. The number of nitrogens with zero attached hydrogens (tertiary/aromatic N) is 2. The molecule has 0 saturated heterocycles. The number of carbonyl (C=O) groups excluding carboxylic acids is 1. The molecule has 1 amide bonds. The maximum Gasteiger partial charge on any atom is 0.278 e. The van der Waals surface area contributed by atoms with E-state index in [2.05, 4.69) is 4.99 Å². The van der Waals surface area contributed by atoms with Crippen molar-refractivity contribution >= 4 is 27.5 Å². The van der Waals surface area contributed by atoms with Gasteiger partial charge in [-0.3, -0.25) is 4.79 Å². The fourth-order valence-corrected chi connectivity index (χ4v) is 3.52. The summed E-state index contributed by atoms with van der Waals surface area (Å²) in [6.07, 6.45) is 0. The van der Waals surface area contributed by atoms with Crippen molar-refractivity contribution in [2.45, 2.75) is 0 Å². The van der Waals surface area contributed by atoms with Crippen LogP contribution in [0.5, 0.6) is 0 Å². The molecular formula is C21H14N2OS. The van der Waals surface area contributed by atoms with E-state index < -0.39 is 0 Å². The average Bonchev–Trinajstić information content (AvgIpc) is 2.69. The summed E-state index contributed by atoms with van der Waals surface area (Å²) in [5.41, 5.74) is 3.15. The number of rotatable bonds is 2. The first-order valence-electron chi connectivity index (χ1n) is 7.91. The van der Waals surface area contributed by atoms with Crippen molar-refractivity contribution in [2.75, 3.05) is 0 Å². The molecule has 4 heteroatoms. The minimum absolute atomic E-state index is 0.258. The van der Waals surface area contributed by atoms with Crippen molar-refractivity contribution in [3.63, 3.8) is 0 Å². The lowest BCUT2D eigenvalue weighted by atomic mass is 10.1. The van der Waals surface area contributed by atoms with Gasteiger partial charge >= 0.3 is 0 Å². The normalized spacial score (nSPS) is 11.6. The van der Waals surface area contributed by atoms with Crippen LogP contribution in [-0.2, 0) is 0 Å². The lowest BCUT2D eigenvalue weighted by molar-refractivity contribution is 0.0999. The van der Waals surface area contributed by atoms with E-state index >= 15 is 0 Å². The number of para-hydroxylation sites is 1. The Morgan fingerprint density at radius 1 is 0.800 bits per heavy atom. The molecule has 0 atom stereocenters. The van der Waals surface area contributed by atoms with E-state index in [0.29, 0.717) is 10.2 Å². The molecular weight excluding hydrogens is 328 g/mol. The van der Waals surface area contributed by atoms with E-state index in [1.807, 2.05) is 72.8 Å². The van der Waals surface area contributed by atoms with Crippen LogP contribution in [-0.4, -0.2) is 10.9 Å². The number of benzene rings is 3. The summed E-state index contributed by atoms with van der Waals surface area (Å²) in [5.74, 6) is -0.258. The Morgan fingerprint density at radius 2 is 1.44 bits per heavy atom. The molecule has 3 aromatic carbocycles. The van der Waals surface area contributed by atoms with Gasteiger partial charge in [0.15, 0.2) is 0 Å². The van der Waals surface area contributed by atoms with Crippen LogP contribution in [0.4, 0.5) is 0 Å². The predicted molar refractivity (Wildman–Crippen MR) is 101 cm³/mol. The molecule has 0 bridgehead atoms. The van der Waals surface area contributed by atoms with Gasteiger partial charge in [0, 0.05) is 11.1 Å². The van der Waals surface area contributed by atoms with Gasteiger partial charge < -0.3 is 0 Å². The highest BCUT2D eigenvalue weighted by Gasteiger charge is 2.09. The zero-order valence-corrected chi connectivity index (χ0v) is 14.1. The van der Waals surface area contributed by atoms with Crippen LogP contribution in [0.3, 0.4) is 0 Å². The number of hydrogen-bond donors (Lipinski definition) is 0. The van der Waals surface area contributed by atoms with E-state index in [0.717, 1.165) is 21.5 Å². The highest BCUT2D eigenvalue weighted by Crippen LogP contribution is 2.20. The van der Waals surface area contributed by atoms with Crippen molar-refractivity contribution in [1.82, 2.24) is 4.98 Å². The van der Waals surface area contributed by atoms with Gasteiger partial charge in [-0.2, -0.15) is 4.99 Å². The molecule has 1 heterocycles. The molecule has 0 fully saturated rings.